The third-order valence-corrected chi connectivity index (χ3v) is 4.73. The summed E-state index contributed by atoms with van der Waals surface area (Å²) in [5.41, 5.74) is 13.9. The van der Waals surface area contributed by atoms with Crippen LogP contribution in [0.3, 0.4) is 0 Å². The molecule has 0 atom stereocenters. The van der Waals surface area contributed by atoms with Crippen LogP contribution in [-0.2, 0) is 6.61 Å². The minimum absolute atomic E-state index is 0.485. The van der Waals surface area contributed by atoms with E-state index in [-0.39, 0.29) is 0 Å². The zero-order chi connectivity index (χ0) is 19.8. The van der Waals surface area contributed by atoms with E-state index in [0.717, 1.165) is 35.5 Å². The zero-order valence-corrected chi connectivity index (χ0v) is 16.4. The molecule has 0 aliphatic rings. The first-order valence-corrected chi connectivity index (χ1v) is 9.59. The Morgan fingerprint density at radius 1 is 0.857 bits per heavy atom. The summed E-state index contributed by atoms with van der Waals surface area (Å²) in [4.78, 5) is 5.77. The first-order valence-electron chi connectivity index (χ1n) is 9.59. The molecule has 0 amide bonds. The Balaban J connectivity index is 1.68. The van der Waals surface area contributed by atoms with Crippen LogP contribution in [0.15, 0.2) is 78.9 Å². The third kappa shape index (κ3) is 4.67. The van der Waals surface area contributed by atoms with Crippen LogP contribution >= 0.6 is 0 Å². The molecule has 3 rings (SSSR count). The molecule has 0 radical (unpaired) electrons. The fourth-order valence-electron chi connectivity index (χ4n) is 3.16. The quantitative estimate of drug-likeness (QED) is 0.311. The molecule has 0 saturated heterocycles. The third-order valence-electron chi connectivity index (χ3n) is 4.73. The van der Waals surface area contributed by atoms with Gasteiger partial charge in [-0.3, -0.25) is 0 Å². The number of benzene rings is 3. The molecule has 4 heteroatoms. The molecule has 0 aromatic heterocycles. The summed E-state index contributed by atoms with van der Waals surface area (Å²) < 4.78 is 5.98. The number of anilines is 1. The van der Waals surface area contributed by atoms with Crippen molar-refractivity contribution in [3.05, 3.63) is 101 Å². The highest BCUT2D eigenvalue weighted by Gasteiger charge is 2.14. The monoisotopic (exact) mass is 371 g/mol. The maximum absolute atomic E-state index is 9.42. The molecule has 0 spiro atoms. The first kappa shape index (κ1) is 19.4. The summed E-state index contributed by atoms with van der Waals surface area (Å²) >= 11 is 0. The molecule has 0 aliphatic heterocycles. The van der Waals surface area contributed by atoms with Crippen LogP contribution in [0, 0.1) is 0 Å². The van der Waals surface area contributed by atoms with Crippen LogP contribution in [0.4, 0.5) is 5.69 Å². The molecule has 0 heterocycles. The lowest BCUT2D eigenvalue weighted by Crippen LogP contribution is -2.21. The van der Waals surface area contributed by atoms with Gasteiger partial charge in [0.2, 0.25) is 0 Å². The summed E-state index contributed by atoms with van der Waals surface area (Å²) in [6.45, 7) is 6.73. The van der Waals surface area contributed by atoms with Gasteiger partial charge in [0, 0.05) is 24.8 Å². The second kappa shape index (κ2) is 9.54. The molecule has 28 heavy (non-hydrogen) atoms. The fourth-order valence-corrected chi connectivity index (χ4v) is 3.16. The molecular weight excluding hydrogens is 346 g/mol. The number of ether oxygens (including phenoxy) is 1. The summed E-state index contributed by atoms with van der Waals surface area (Å²) in [6, 6.07) is 25.7. The van der Waals surface area contributed by atoms with Crippen molar-refractivity contribution in [1.29, 1.82) is 0 Å². The number of nitrogens with zero attached hydrogens (tertiary/aromatic N) is 3. The molecule has 0 unspecified atom stereocenters. The molecule has 4 nitrogen and oxygen atoms in total. The van der Waals surface area contributed by atoms with Crippen molar-refractivity contribution in [2.24, 2.45) is 0 Å². The lowest BCUT2D eigenvalue weighted by molar-refractivity contribution is -0.00279. The second-order valence-electron chi connectivity index (χ2n) is 6.47. The van der Waals surface area contributed by atoms with E-state index in [1.807, 2.05) is 66.7 Å². The molecule has 0 bridgehead atoms. The van der Waals surface area contributed by atoms with E-state index in [1.165, 1.54) is 5.69 Å². The van der Waals surface area contributed by atoms with E-state index >= 15 is 0 Å². The summed E-state index contributed by atoms with van der Waals surface area (Å²) in [7, 11) is 0. The minimum Gasteiger partial charge on any atom is -0.489 e. The normalized spacial score (nSPS) is 10.2. The topological polar surface area (TPSA) is 48.9 Å². The predicted octanol–water partition coefficient (Wildman–Crippen LogP) is 5.18. The lowest BCUT2D eigenvalue weighted by Gasteiger charge is -2.21. The molecule has 0 aliphatic carbocycles. The van der Waals surface area contributed by atoms with Crippen molar-refractivity contribution < 1.29 is 9.53 Å². The van der Waals surface area contributed by atoms with Gasteiger partial charge >= 0.3 is 5.71 Å². The highest BCUT2D eigenvalue weighted by atomic mass is 16.5. The van der Waals surface area contributed by atoms with Crippen LogP contribution in [-0.4, -0.2) is 23.6 Å². The van der Waals surface area contributed by atoms with E-state index in [4.69, 9.17) is 4.74 Å². The van der Waals surface area contributed by atoms with Gasteiger partial charge in [-0.1, -0.05) is 36.4 Å². The van der Waals surface area contributed by atoms with Gasteiger partial charge in [0.15, 0.2) is 0 Å². The maximum Gasteiger partial charge on any atom is 0.329 e. The van der Waals surface area contributed by atoms with Crippen LogP contribution in [0.25, 0.3) is 5.53 Å². The molecule has 3 aromatic rings. The number of rotatable bonds is 8. The number of hydrogen-bond acceptors (Lipinski definition) is 2. The lowest BCUT2D eigenvalue weighted by atomic mass is 10.0. The Labute approximate surface area is 166 Å². The van der Waals surface area contributed by atoms with Crippen LogP contribution < -0.4 is 9.64 Å². The van der Waals surface area contributed by atoms with E-state index in [0.29, 0.717) is 12.3 Å². The van der Waals surface area contributed by atoms with Crippen molar-refractivity contribution in [3.63, 3.8) is 0 Å². The maximum atomic E-state index is 9.42. The van der Waals surface area contributed by atoms with Crippen molar-refractivity contribution in [2.75, 3.05) is 18.0 Å². The average Bonchev–Trinajstić information content (AvgIpc) is 2.76. The van der Waals surface area contributed by atoms with Crippen molar-refractivity contribution in [2.45, 2.75) is 20.5 Å². The SMILES string of the molecule is CCN(CC)c1cccc(OCc2ccc(C(=[N+]=[N-])c3ccccc3)cc2)c1. The van der Waals surface area contributed by atoms with Gasteiger partial charge in [0.05, 0.1) is 11.1 Å². The van der Waals surface area contributed by atoms with Gasteiger partial charge < -0.3 is 15.2 Å². The standard InChI is InChI=1S/C24H25N3O/c1-3-27(4-2)22-11-8-12-23(17-22)28-18-19-13-15-21(16-14-19)24(26-25)20-9-6-5-7-10-20/h5-17H,3-4,18H2,1-2H3. The Morgan fingerprint density at radius 3 is 2.18 bits per heavy atom. The smallest absolute Gasteiger partial charge is 0.329 e. The van der Waals surface area contributed by atoms with Gasteiger partial charge in [-0.2, -0.15) is 4.79 Å². The first-order chi connectivity index (χ1) is 13.7. The molecule has 3 aromatic carbocycles. The van der Waals surface area contributed by atoms with Gasteiger partial charge in [-0.25, -0.2) is 0 Å². The van der Waals surface area contributed by atoms with Crippen LogP contribution in [0.1, 0.15) is 30.5 Å². The van der Waals surface area contributed by atoms with E-state index in [9.17, 15) is 5.53 Å². The fraction of sp³-hybridized carbons (Fsp3) is 0.208. The summed E-state index contributed by atoms with van der Waals surface area (Å²) in [6.07, 6.45) is 0. The minimum atomic E-state index is 0.485. The Morgan fingerprint density at radius 2 is 1.54 bits per heavy atom. The largest absolute Gasteiger partial charge is 0.489 e. The van der Waals surface area contributed by atoms with Crippen molar-refractivity contribution in [1.82, 2.24) is 0 Å². The van der Waals surface area contributed by atoms with Crippen LogP contribution in [0.5, 0.6) is 5.75 Å². The molecule has 142 valence electrons. The molecule has 0 fully saturated rings. The van der Waals surface area contributed by atoms with E-state index < -0.39 is 0 Å². The Bertz CT molecular complexity index is 941. The Hall–Kier alpha value is -3.36. The second-order valence-corrected chi connectivity index (χ2v) is 6.47. The van der Waals surface area contributed by atoms with Crippen molar-refractivity contribution >= 4 is 11.4 Å². The van der Waals surface area contributed by atoms with E-state index in [1.54, 1.807) is 0 Å². The predicted molar refractivity (Wildman–Crippen MR) is 114 cm³/mol. The summed E-state index contributed by atoms with van der Waals surface area (Å²) in [5.74, 6) is 0.857. The van der Waals surface area contributed by atoms with E-state index in [2.05, 4.69) is 35.7 Å². The molecule has 0 saturated carbocycles. The van der Waals surface area contributed by atoms with Gasteiger partial charge in [0.1, 0.15) is 12.4 Å². The van der Waals surface area contributed by atoms with Gasteiger partial charge in [-0.15, -0.1) is 0 Å². The van der Waals surface area contributed by atoms with Crippen LogP contribution in [0.2, 0.25) is 0 Å². The molecule has 0 N–H and O–H groups in total. The highest BCUT2D eigenvalue weighted by Crippen LogP contribution is 2.22. The number of hydrogen-bond donors (Lipinski definition) is 0. The van der Waals surface area contributed by atoms with Gasteiger partial charge in [-0.05, 0) is 55.8 Å². The Kier molecular flexibility index (Phi) is 6.61. The average molecular weight is 371 g/mol. The van der Waals surface area contributed by atoms with Crippen molar-refractivity contribution in [3.8, 4) is 5.75 Å². The van der Waals surface area contributed by atoms with Gasteiger partial charge in [0.25, 0.3) is 0 Å². The highest BCUT2D eigenvalue weighted by molar-refractivity contribution is 6.09. The zero-order valence-electron chi connectivity index (χ0n) is 16.4. The molecular formula is C24H25N3O. The summed E-state index contributed by atoms with van der Waals surface area (Å²) in [5, 5.41) is 0.